The molecule has 4 rings (SSSR count). The first kappa shape index (κ1) is 15.8. The average Bonchev–Trinajstić information content (AvgIpc) is 2.38. The van der Waals surface area contributed by atoms with Gasteiger partial charge in [-0.1, -0.05) is 32.9 Å². The zero-order valence-electron chi connectivity index (χ0n) is 12.5. The Labute approximate surface area is 127 Å². The Balaban J connectivity index is 0.00000147. The van der Waals surface area contributed by atoms with Crippen LogP contribution in [0.3, 0.4) is 0 Å². The molecular formula is C17H25ClFN. The van der Waals surface area contributed by atoms with E-state index in [0.717, 1.165) is 24.3 Å². The molecule has 1 nitrogen and oxygen atoms in total. The zero-order chi connectivity index (χ0) is 13.6. The molecule has 112 valence electrons. The third-order valence-corrected chi connectivity index (χ3v) is 5.84. The van der Waals surface area contributed by atoms with Gasteiger partial charge >= 0.3 is 0 Å². The lowest BCUT2D eigenvalue weighted by Gasteiger charge is -2.62. The van der Waals surface area contributed by atoms with Crippen molar-refractivity contribution in [2.45, 2.75) is 46.2 Å². The molecular weight excluding hydrogens is 273 g/mol. The van der Waals surface area contributed by atoms with Crippen LogP contribution in [0.1, 0.15) is 39.2 Å². The lowest BCUT2D eigenvalue weighted by molar-refractivity contribution is -0.115. The molecule has 0 heterocycles. The highest BCUT2D eigenvalue weighted by molar-refractivity contribution is 5.85. The number of nitrogens with one attached hydrogen (secondary N) is 1. The second kappa shape index (κ2) is 5.65. The summed E-state index contributed by atoms with van der Waals surface area (Å²) in [4.78, 5) is 0. The van der Waals surface area contributed by atoms with E-state index >= 15 is 0 Å². The van der Waals surface area contributed by atoms with E-state index < -0.39 is 0 Å². The van der Waals surface area contributed by atoms with Gasteiger partial charge in [-0.05, 0) is 53.7 Å². The molecule has 4 atom stereocenters. The summed E-state index contributed by atoms with van der Waals surface area (Å²) in [6.07, 6.45) is 2.72. The minimum atomic E-state index is -0.155. The van der Waals surface area contributed by atoms with Crippen LogP contribution in [-0.4, -0.2) is 6.04 Å². The van der Waals surface area contributed by atoms with Crippen LogP contribution in [0, 0.1) is 29.0 Å². The van der Waals surface area contributed by atoms with Gasteiger partial charge < -0.3 is 5.32 Å². The van der Waals surface area contributed by atoms with Crippen LogP contribution in [0.25, 0.3) is 0 Å². The quantitative estimate of drug-likeness (QED) is 0.871. The molecule has 3 fully saturated rings. The monoisotopic (exact) mass is 297 g/mol. The van der Waals surface area contributed by atoms with Crippen molar-refractivity contribution in [2.24, 2.45) is 23.2 Å². The van der Waals surface area contributed by atoms with Gasteiger partial charge in [0.25, 0.3) is 0 Å². The van der Waals surface area contributed by atoms with Crippen LogP contribution in [0.15, 0.2) is 24.3 Å². The van der Waals surface area contributed by atoms with E-state index in [9.17, 15) is 4.39 Å². The summed E-state index contributed by atoms with van der Waals surface area (Å²) in [5.74, 6) is 2.36. The number of fused-ring (bicyclic) bond motifs is 2. The highest BCUT2D eigenvalue weighted by Crippen LogP contribution is 2.61. The summed E-state index contributed by atoms with van der Waals surface area (Å²) < 4.78 is 12.9. The van der Waals surface area contributed by atoms with E-state index in [1.165, 1.54) is 18.4 Å². The van der Waals surface area contributed by atoms with Crippen molar-refractivity contribution >= 4 is 12.4 Å². The lowest BCUT2D eigenvalue weighted by atomic mass is 9.45. The van der Waals surface area contributed by atoms with Crippen molar-refractivity contribution in [3.63, 3.8) is 0 Å². The Hall–Kier alpha value is -0.600. The molecule has 1 N–H and O–H groups in total. The Morgan fingerprint density at radius 1 is 1.20 bits per heavy atom. The summed E-state index contributed by atoms with van der Waals surface area (Å²) in [7, 11) is 0. The number of halogens is 2. The fourth-order valence-corrected chi connectivity index (χ4v) is 4.27. The minimum Gasteiger partial charge on any atom is -0.310 e. The highest BCUT2D eigenvalue weighted by atomic mass is 35.5. The molecule has 3 aliphatic carbocycles. The van der Waals surface area contributed by atoms with Gasteiger partial charge in [0.1, 0.15) is 5.82 Å². The molecule has 1 aromatic carbocycles. The van der Waals surface area contributed by atoms with Crippen LogP contribution in [0.2, 0.25) is 0 Å². The number of rotatable bonds is 3. The fourth-order valence-electron chi connectivity index (χ4n) is 4.27. The Morgan fingerprint density at radius 2 is 1.85 bits per heavy atom. The van der Waals surface area contributed by atoms with Gasteiger partial charge in [0.2, 0.25) is 0 Å². The number of hydrogen-bond donors (Lipinski definition) is 1. The van der Waals surface area contributed by atoms with Crippen LogP contribution in [0.5, 0.6) is 0 Å². The van der Waals surface area contributed by atoms with Gasteiger partial charge in [0.05, 0.1) is 0 Å². The topological polar surface area (TPSA) is 12.0 Å². The van der Waals surface area contributed by atoms with Crippen LogP contribution < -0.4 is 5.32 Å². The van der Waals surface area contributed by atoms with E-state index in [4.69, 9.17) is 0 Å². The maximum absolute atomic E-state index is 12.9. The second-order valence-electron chi connectivity index (χ2n) is 7.07. The van der Waals surface area contributed by atoms with Crippen molar-refractivity contribution < 1.29 is 4.39 Å². The van der Waals surface area contributed by atoms with Crippen LogP contribution >= 0.6 is 12.4 Å². The standard InChI is InChI=1S/C17H24FN.ClH/c1-11-15-8-13(17(15,2)3)9-16(11)19-10-12-4-6-14(18)7-5-12;/h4-7,11,13,15-16,19H,8-10H2,1-3H3;1H/t11-,13+,15-,16-;/m1./s1. The molecule has 20 heavy (non-hydrogen) atoms. The molecule has 1 aromatic rings. The molecule has 3 saturated carbocycles. The first-order chi connectivity index (χ1) is 8.98. The van der Waals surface area contributed by atoms with E-state index in [1.54, 1.807) is 12.1 Å². The third kappa shape index (κ3) is 2.60. The molecule has 0 spiro atoms. The van der Waals surface area contributed by atoms with Gasteiger partial charge in [0, 0.05) is 12.6 Å². The molecule has 0 aliphatic heterocycles. The van der Waals surface area contributed by atoms with Crippen LogP contribution in [0.4, 0.5) is 4.39 Å². The smallest absolute Gasteiger partial charge is 0.123 e. The van der Waals surface area contributed by atoms with Crippen molar-refractivity contribution in [2.75, 3.05) is 0 Å². The number of hydrogen-bond acceptors (Lipinski definition) is 1. The Morgan fingerprint density at radius 3 is 2.40 bits per heavy atom. The predicted molar refractivity (Wildman–Crippen MR) is 83.4 cm³/mol. The molecule has 0 radical (unpaired) electrons. The van der Waals surface area contributed by atoms with E-state index in [1.807, 2.05) is 12.1 Å². The average molecular weight is 298 g/mol. The SMILES string of the molecule is C[C@@H]1[C@H]2C[C@@H](C[C@H]1NCc1ccc(F)cc1)C2(C)C.Cl. The van der Waals surface area contributed by atoms with E-state index in [2.05, 4.69) is 26.1 Å². The number of benzene rings is 1. The third-order valence-electron chi connectivity index (χ3n) is 5.84. The molecule has 0 saturated heterocycles. The predicted octanol–water partition coefficient (Wildman–Crippen LogP) is 4.41. The summed E-state index contributed by atoms with van der Waals surface area (Å²) in [6.45, 7) is 8.11. The molecule has 0 amide bonds. The first-order valence-corrected chi connectivity index (χ1v) is 7.46. The summed E-state index contributed by atoms with van der Waals surface area (Å²) >= 11 is 0. The highest BCUT2D eigenvalue weighted by Gasteiger charge is 2.55. The van der Waals surface area contributed by atoms with Crippen molar-refractivity contribution in [3.8, 4) is 0 Å². The van der Waals surface area contributed by atoms with Gasteiger partial charge in [-0.2, -0.15) is 0 Å². The fraction of sp³-hybridized carbons (Fsp3) is 0.647. The van der Waals surface area contributed by atoms with Crippen molar-refractivity contribution in [1.82, 2.24) is 5.32 Å². The maximum atomic E-state index is 12.9. The Bertz CT molecular complexity index is 457. The maximum Gasteiger partial charge on any atom is 0.123 e. The van der Waals surface area contributed by atoms with Crippen molar-refractivity contribution in [1.29, 1.82) is 0 Å². The molecule has 2 bridgehead atoms. The largest absolute Gasteiger partial charge is 0.310 e. The van der Waals surface area contributed by atoms with Crippen LogP contribution in [-0.2, 0) is 6.54 Å². The molecule has 3 aliphatic rings. The zero-order valence-corrected chi connectivity index (χ0v) is 13.3. The van der Waals surface area contributed by atoms with E-state index in [-0.39, 0.29) is 18.2 Å². The van der Waals surface area contributed by atoms with Gasteiger partial charge in [-0.3, -0.25) is 0 Å². The summed E-state index contributed by atoms with van der Waals surface area (Å²) in [5.41, 5.74) is 1.72. The Kier molecular flexibility index (Phi) is 4.46. The second-order valence-corrected chi connectivity index (χ2v) is 7.07. The molecule has 0 aromatic heterocycles. The van der Waals surface area contributed by atoms with Crippen molar-refractivity contribution in [3.05, 3.63) is 35.6 Å². The van der Waals surface area contributed by atoms with Gasteiger partial charge in [-0.15, -0.1) is 12.4 Å². The van der Waals surface area contributed by atoms with E-state index in [0.29, 0.717) is 11.5 Å². The molecule has 0 unspecified atom stereocenters. The normalized spacial score (nSPS) is 34.0. The van der Waals surface area contributed by atoms with Gasteiger partial charge in [-0.25, -0.2) is 4.39 Å². The summed E-state index contributed by atoms with van der Waals surface area (Å²) in [5, 5.41) is 3.68. The molecule has 3 heteroatoms. The van der Waals surface area contributed by atoms with Gasteiger partial charge in [0.15, 0.2) is 0 Å². The first-order valence-electron chi connectivity index (χ1n) is 7.46. The summed E-state index contributed by atoms with van der Waals surface area (Å²) in [6, 6.07) is 7.46. The minimum absolute atomic E-state index is 0. The lowest BCUT2D eigenvalue weighted by Crippen LogP contribution is -2.59.